The highest BCUT2D eigenvalue weighted by Gasteiger charge is 2.27. The number of thiophene rings is 2. The van der Waals surface area contributed by atoms with Crippen LogP contribution in [0.2, 0.25) is 0 Å². The summed E-state index contributed by atoms with van der Waals surface area (Å²) in [4.78, 5) is 2.37. The highest BCUT2D eigenvalue weighted by molar-refractivity contribution is 7.29. The van der Waals surface area contributed by atoms with E-state index in [1.165, 1.54) is 46.0 Å². The van der Waals surface area contributed by atoms with Crippen molar-refractivity contribution < 1.29 is 4.74 Å². The highest BCUT2D eigenvalue weighted by atomic mass is 32.1. The third-order valence-electron chi connectivity index (χ3n) is 6.66. The van der Waals surface area contributed by atoms with Crippen LogP contribution in [0.5, 0.6) is 11.5 Å². The normalized spacial score (nSPS) is 12.9. The van der Waals surface area contributed by atoms with E-state index in [1.54, 1.807) is 0 Å². The van der Waals surface area contributed by atoms with Gasteiger partial charge in [0.2, 0.25) is 0 Å². The van der Waals surface area contributed by atoms with E-state index in [-0.39, 0.29) is 0 Å². The first-order chi connectivity index (χ1) is 16.9. The van der Waals surface area contributed by atoms with E-state index in [0.717, 1.165) is 22.9 Å². The summed E-state index contributed by atoms with van der Waals surface area (Å²) < 4.78 is 11.6. The van der Waals surface area contributed by atoms with Gasteiger partial charge in [-0.05, 0) is 48.5 Å². The second-order valence-electron chi connectivity index (χ2n) is 8.54. The Kier molecular flexibility index (Phi) is 3.73. The lowest BCUT2D eigenvalue weighted by atomic mass is 10.0. The van der Waals surface area contributed by atoms with Gasteiger partial charge < -0.3 is 9.64 Å². The summed E-state index contributed by atoms with van der Waals surface area (Å²) in [6.07, 6.45) is 0. The molecule has 7 aromatic rings. The molecule has 0 bridgehead atoms. The van der Waals surface area contributed by atoms with Crippen molar-refractivity contribution in [2.75, 3.05) is 4.90 Å². The van der Waals surface area contributed by atoms with E-state index in [9.17, 15) is 0 Å². The average molecular weight is 472 g/mol. The van der Waals surface area contributed by atoms with Crippen molar-refractivity contribution in [2.45, 2.75) is 0 Å². The van der Waals surface area contributed by atoms with Crippen LogP contribution in [0.1, 0.15) is 0 Å². The second-order valence-corrected chi connectivity index (χ2v) is 10.7. The van der Waals surface area contributed by atoms with E-state index in [0.29, 0.717) is 0 Å². The van der Waals surface area contributed by atoms with Crippen LogP contribution in [0.4, 0.5) is 17.1 Å². The third kappa shape index (κ3) is 2.44. The minimum absolute atomic E-state index is 0.879. The molecule has 3 heterocycles. The summed E-state index contributed by atoms with van der Waals surface area (Å²) >= 11 is 3.78. The zero-order valence-electron chi connectivity index (χ0n) is 18.0. The zero-order valence-corrected chi connectivity index (χ0v) is 19.6. The first kappa shape index (κ1) is 18.6. The predicted octanol–water partition coefficient (Wildman–Crippen LogP) is 10.00. The Bertz CT molecular complexity index is 1870. The summed E-state index contributed by atoms with van der Waals surface area (Å²) in [7, 11) is 0. The molecule has 0 aliphatic carbocycles. The Morgan fingerprint density at radius 3 is 1.94 bits per heavy atom. The molecule has 1 aliphatic heterocycles. The van der Waals surface area contributed by atoms with Crippen molar-refractivity contribution in [2.24, 2.45) is 0 Å². The van der Waals surface area contributed by atoms with Crippen LogP contribution in [0.3, 0.4) is 0 Å². The van der Waals surface area contributed by atoms with Gasteiger partial charge in [-0.1, -0.05) is 54.6 Å². The van der Waals surface area contributed by atoms with Gasteiger partial charge in [0.1, 0.15) is 0 Å². The van der Waals surface area contributed by atoms with Crippen LogP contribution in [-0.2, 0) is 0 Å². The topological polar surface area (TPSA) is 12.5 Å². The lowest BCUT2D eigenvalue weighted by Crippen LogP contribution is -2.15. The Hall–Kier alpha value is -3.86. The molecule has 2 nitrogen and oxygen atoms in total. The fraction of sp³-hybridized carbons (Fsp3) is 0. The number of anilines is 3. The van der Waals surface area contributed by atoms with Crippen LogP contribution >= 0.6 is 22.7 Å². The summed E-state index contributed by atoms with van der Waals surface area (Å²) in [5.74, 6) is 1.76. The molecule has 0 fully saturated rings. The van der Waals surface area contributed by atoms with Crippen LogP contribution in [0, 0.1) is 0 Å². The number of hydrogen-bond donors (Lipinski definition) is 0. The minimum Gasteiger partial charge on any atom is -0.453 e. The van der Waals surface area contributed by atoms with Crippen molar-refractivity contribution in [1.29, 1.82) is 0 Å². The number of ether oxygens (including phenoxy) is 1. The molecule has 1 aliphatic rings. The van der Waals surface area contributed by atoms with Gasteiger partial charge in [-0.3, -0.25) is 0 Å². The molecule has 0 saturated heterocycles. The Balaban J connectivity index is 1.53. The molecule has 5 aromatic carbocycles. The predicted molar refractivity (Wildman–Crippen MR) is 147 cm³/mol. The minimum atomic E-state index is 0.879. The quantitative estimate of drug-likeness (QED) is 0.236. The molecule has 0 spiro atoms. The lowest BCUT2D eigenvalue weighted by Gasteiger charge is -2.33. The monoisotopic (exact) mass is 471 g/mol. The van der Waals surface area contributed by atoms with Crippen molar-refractivity contribution in [3.05, 3.63) is 103 Å². The molecule has 0 unspecified atom stereocenters. The fourth-order valence-corrected chi connectivity index (χ4v) is 7.67. The van der Waals surface area contributed by atoms with Gasteiger partial charge in [0.05, 0.1) is 17.1 Å². The van der Waals surface area contributed by atoms with Gasteiger partial charge in [-0.2, -0.15) is 0 Å². The lowest BCUT2D eigenvalue weighted by molar-refractivity contribution is 0.477. The first-order valence-electron chi connectivity index (χ1n) is 11.3. The highest BCUT2D eigenvalue weighted by Crippen LogP contribution is 2.54. The first-order valence-corrected chi connectivity index (χ1v) is 12.9. The molecule has 2 aromatic heterocycles. The van der Waals surface area contributed by atoms with E-state index >= 15 is 0 Å². The SMILES string of the molecule is c1ccc2c(c1)Oc1ccccc1N2c1cccc2sc3ccc4c5ccccc5sc4c3c12. The van der Waals surface area contributed by atoms with Crippen LogP contribution < -0.4 is 9.64 Å². The molecule has 0 amide bonds. The summed E-state index contributed by atoms with van der Waals surface area (Å²) in [5, 5.41) is 5.34. The maximum Gasteiger partial charge on any atom is 0.151 e. The van der Waals surface area contributed by atoms with E-state index in [4.69, 9.17) is 4.74 Å². The van der Waals surface area contributed by atoms with Crippen molar-refractivity contribution in [1.82, 2.24) is 0 Å². The van der Waals surface area contributed by atoms with Gasteiger partial charge in [-0.25, -0.2) is 0 Å². The summed E-state index contributed by atoms with van der Waals surface area (Å²) in [6.45, 7) is 0. The Labute approximate surface area is 203 Å². The molecule has 0 saturated carbocycles. The smallest absolute Gasteiger partial charge is 0.151 e. The van der Waals surface area contributed by atoms with Crippen LogP contribution in [0.25, 0.3) is 40.3 Å². The number of fused-ring (bicyclic) bond motifs is 9. The molecule has 4 heteroatoms. The number of nitrogens with zero attached hydrogens (tertiary/aromatic N) is 1. The average Bonchev–Trinajstić information content (AvgIpc) is 3.45. The fourth-order valence-electron chi connectivity index (χ4n) is 5.22. The van der Waals surface area contributed by atoms with Crippen molar-refractivity contribution in [3.8, 4) is 11.5 Å². The van der Waals surface area contributed by atoms with E-state index < -0.39 is 0 Å². The largest absolute Gasteiger partial charge is 0.453 e. The standard InChI is InChI=1S/C30H17NOS2/c1-6-14-25-18(8-1)19-16-17-27-29(30(19)34-25)28-22(11-7-15-26(28)33-27)31-20-9-2-4-12-23(20)32-24-13-5-3-10-21(24)31/h1-17H. The molecule has 0 radical (unpaired) electrons. The van der Waals surface area contributed by atoms with E-state index in [2.05, 4.69) is 83.8 Å². The van der Waals surface area contributed by atoms with Crippen molar-refractivity contribution in [3.63, 3.8) is 0 Å². The van der Waals surface area contributed by atoms with Gasteiger partial charge in [0.25, 0.3) is 0 Å². The van der Waals surface area contributed by atoms with Gasteiger partial charge in [-0.15, -0.1) is 22.7 Å². The maximum atomic E-state index is 6.28. The molecule has 0 N–H and O–H groups in total. The van der Waals surface area contributed by atoms with Crippen molar-refractivity contribution >= 4 is 80.1 Å². The summed E-state index contributed by atoms with van der Waals surface area (Å²) in [5.41, 5.74) is 3.32. The van der Waals surface area contributed by atoms with E-state index in [1.807, 2.05) is 46.9 Å². The summed E-state index contributed by atoms with van der Waals surface area (Å²) in [6, 6.07) is 36.6. The molecule has 160 valence electrons. The second kappa shape index (κ2) is 6.83. The number of rotatable bonds is 1. The molecular formula is C30H17NOS2. The Morgan fingerprint density at radius 1 is 0.471 bits per heavy atom. The number of benzene rings is 5. The van der Waals surface area contributed by atoms with Crippen LogP contribution in [0.15, 0.2) is 103 Å². The van der Waals surface area contributed by atoms with Crippen LogP contribution in [-0.4, -0.2) is 0 Å². The number of hydrogen-bond acceptors (Lipinski definition) is 4. The van der Waals surface area contributed by atoms with Gasteiger partial charge in [0, 0.05) is 40.3 Å². The van der Waals surface area contributed by atoms with Gasteiger partial charge in [0.15, 0.2) is 11.5 Å². The molecule has 0 atom stereocenters. The van der Waals surface area contributed by atoms with Gasteiger partial charge >= 0.3 is 0 Å². The number of para-hydroxylation sites is 4. The molecular weight excluding hydrogens is 454 g/mol. The molecule has 8 rings (SSSR count). The maximum absolute atomic E-state index is 6.28. The Morgan fingerprint density at radius 2 is 1.12 bits per heavy atom. The zero-order chi connectivity index (χ0) is 22.2. The third-order valence-corrected chi connectivity index (χ3v) is 8.98. The molecule has 34 heavy (non-hydrogen) atoms.